The fourth-order valence-electron chi connectivity index (χ4n) is 5.29. The summed E-state index contributed by atoms with van der Waals surface area (Å²) in [4.78, 5) is 18.3. The van der Waals surface area contributed by atoms with Crippen molar-refractivity contribution >= 4 is 28.5 Å². The number of rotatable bonds is 7. The Morgan fingerprint density at radius 3 is 2.64 bits per heavy atom. The quantitative estimate of drug-likeness (QED) is 0.416. The van der Waals surface area contributed by atoms with Crippen molar-refractivity contribution in [1.82, 2.24) is 14.9 Å². The van der Waals surface area contributed by atoms with Gasteiger partial charge in [0.15, 0.2) is 11.6 Å². The molecule has 6 nitrogen and oxygen atoms in total. The Morgan fingerprint density at radius 2 is 1.92 bits per heavy atom. The van der Waals surface area contributed by atoms with E-state index < -0.39 is 23.8 Å². The summed E-state index contributed by atoms with van der Waals surface area (Å²) in [6, 6.07) is 6.76. The van der Waals surface area contributed by atoms with Gasteiger partial charge in [-0.3, -0.25) is 4.79 Å². The summed E-state index contributed by atoms with van der Waals surface area (Å²) >= 11 is 6.07. The molecule has 3 aromatic rings. The molecule has 0 spiro atoms. The van der Waals surface area contributed by atoms with Gasteiger partial charge >= 0.3 is 0 Å². The van der Waals surface area contributed by atoms with Crippen molar-refractivity contribution in [2.45, 2.75) is 76.7 Å². The highest BCUT2D eigenvalue weighted by Crippen LogP contribution is 2.32. The van der Waals surface area contributed by atoms with Gasteiger partial charge in [-0.1, -0.05) is 24.4 Å². The van der Waals surface area contributed by atoms with E-state index in [1.54, 1.807) is 22.8 Å². The third-order valence-electron chi connectivity index (χ3n) is 7.11. The number of nitrogens with zero attached hydrogens (tertiary/aromatic N) is 2. The van der Waals surface area contributed by atoms with Crippen LogP contribution >= 0.6 is 11.6 Å². The lowest BCUT2D eigenvalue weighted by Crippen LogP contribution is -2.45. The normalized spacial score (nSPS) is 19.5. The second-order valence-electron chi connectivity index (χ2n) is 9.69. The molecule has 192 valence electrons. The molecule has 1 amide bonds. The van der Waals surface area contributed by atoms with E-state index in [4.69, 9.17) is 21.1 Å². The second kappa shape index (κ2) is 10.7. The highest BCUT2D eigenvalue weighted by molar-refractivity contribution is 6.30. The number of carbonyl (C=O) groups is 1. The molecule has 1 saturated heterocycles. The van der Waals surface area contributed by atoms with Gasteiger partial charge in [0.05, 0.1) is 17.1 Å². The zero-order chi connectivity index (χ0) is 25.2. The number of imidazole rings is 1. The van der Waals surface area contributed by atoms with Gasteiger partial charge in [0.2, 0.25) is 5.91 Å². The molecular weight excluding hydrogens is 488 g/mol. The van der Waals surface area contributed by atoms with E-state index in [9.17, 15) is 13.6 Å². The number of benzene rings is 2. The lowest BCUT2D eigenvalue weighted by atomic mass is 10.00. The minimum Gasteiger partial charge on any atom is -0.485 e. The second-order valence-corrected chi connectivity index (χ2v) is 10.1. The first-order valence-electron chi connectivity index (χ1n) is 12.6. The molecule has 2 aromatic carbocycles. The molecule has 2 heterocycles. The molecule has 2 aliphatic rings. The first-order valence-corrected chi connectivity index (χ1v) is 13.0. The van der Waals surface area contributed by atoms with Crippen LogP contribution in [0.1, 0.15) is 62.4 Å². The van der Waals surface area contributed by atoms with Crippen molar-refractivity contribution in [2.75, 3.05) is 6.61 Å². The Morgan fingerprint density at radius 1 is 1.17 bits per heavy atom. The molecule has 5 rings (SSSR count). The average molecular weight is 518 g/mol. The molecule has 1 aliphatic carbocycles. The van der Waals surface area contributed by atoms with Crippen LogP contribution in [0.4, 0.5) is 8.78 Å². The monoisotopic (exact) mass is 517 g/mol. The van der Waals surface area contributed by atoms with E-state index in [1.165, 1.54) is 0 Å². The van der Waals surface area contributed by atoms with Crippen LogP contribution in [0.5, 0.6) is 5.75 Å². The van der Waals surface area contributed by atoms with Gasteiger partial charge in [-0.2, -0.15) is 0 Å². The maximum absolute atomic E-state index is 14.4. The lowest BCUT2D eigenvalue weighted by molar-refractivity contribution is -0.131. The zero-order valence-corrected chi connectivity index (χ0v) is 21.0. The maximum atomic E-state index is 14.4. The summed E-state index contributed by atoms with van der Waals surface area (Å²) in [6.07, 6.45) is 6.12. The minimum absolute atomic E-state index is 0.000317. The van der Waals surface area contributed by atoms with Crippen molar-refractivity contribution in [2.24, 2.45) is 0 Å². The SMILES string of the molecule is Cc1cc(Cl)ccc1OCc1nc2cc(F)c(F)cc2n1C(C(=O)NC1CCCC1)C1CCCCO1. The number of amides is 1. The fourth-order valence-corrected chi connectivity index (χ4v) is 5.52. The van der Waals surface area contributed by atoms with Crippen LogP contribution in [-0.4, -0.2) is 34.2 Å². The molecule has 0 bridgehead atoms. The summed E-state index contributed by atoms with van der Waals surface area (Å²) in [7, 11) is 0. The highest BCUT2D eigenvalue weighted by atomic mass is 35.5. The summed E-state index contributed by atoms with van der Waals surface area (Å²) in [5.74, 6) is -1.18. The number of aryl methyl sites for hydroxylation is 1. The zero-order valence-electron chi connectivity index (χ0n) is 20.2. The van der Waals surface area contributed by atoms with Crippen molar-refractivity contribution in [1.29, 1.82) is 0 Å². The average Bonchev–Trinajstić information content (AvgIpc) is 3.48. The van der Waals surface area contributed by atoms with Gasteiger partial charge < -0.3 is 19.4 Å². The molecule has 1 aromatic heterocycles. The van der Waals surface area contributed by atoms with Gasteiger partial charge in [0.25, 0.3) is 0 Å². The van der Waals surface area contributed by atoms with Crippen molar-refractivity contribution in [3.63, 3.8) is 0 Å². The van der Waals surface area contributed by atoms with E-state index in [0.29, 0.717) is 35.1 Å². The smallest absolute Gasteiger partial charge is 0.246 e. The Balaban J connectivity index is 1.56. The molecule has 2 atom stereocenters. The third-order valence-corrected chi connectivity index (χ3v) is 7.35. The maximum Gasteiger partial charge on any atom is 0.246 e. The number of ether oxygens (including phenoxy) is 2. The van der Waals surface area contributed by atoms with Crippen LogP contribution in [0.3, 0.4) is 0 Å². The predicted octanol–water partition coefficient (Wildman–Crippen LogP) is 6.02. The first-order chi connectivity index (χ1) is 17.4. The van der Waals surface area contributed by atoms with Crippen LogP contribution < -0.4 is 10.1 Å². The molecule has 0 radical (unpaired) electrons. The Labute approximate surface area is 213 Å². The number of hydrogen-bond donors (Lipinski definition) is 1. The highest BCUT2D eigenvalue weighted by Gasteiger charge is 2.36. The summed E-state index contributed by atoms with van der Waals surface area (Å²) in [5.41, 5.74) is 1.43. The van der Waals surface area contributed by atoms with Crippen LogP contribution in [-0.2, 0) is 16.1 Å². The number of aromatic nitrogens is 2. The molecule has 2 fully saturated rings. The summed E-state index contributed by atoms with van der Waals surface area (Å²) in [5, 5.41) is 3.77. The molecular formula is C27H30ClF2N3O3. The minimum atomic E-state index is -0.996. The van der Waals surface area contributed by atoms with Crippen LogP contribution in [0.25, 0.3) is 11.0 Å². The summed E-state index contributed by atoms with van der Waals surface area (Å²) < 4.78 is 42.4. The number of carbonyl (C=O) groups excluding carboxylic acids is 1. The van der Waals surface area contributed by atoms with Crippen LogP contribution in [0.15, 0.2) is 30.3 Å². The van der Waals surface area contributed by atoms with Crippen LogP contribution in [0, 0.1) is 18.6 Å². The predicted molar refractivity (Wildman–Crippen MR) is 133 cm³/mol. The number of nitrogens with one attached hydrogen (secondary N) is 1. The third kappa shape index (κ3) is 5.20. The van der Waals surface area contributed by atoms with Gasteiger partial charge in [-0.15, -0.1) is 0 Å². The number of halogens is 3. The fraction of sp³-hybridized carbons (Fsp3) is 0.481. The van der Waals surface area contributed by atoms with Gasteiger partial charge in [-0.25, -0.2) is 13.8 Å². The van der Waals surface area contributed by atoms with Gasteiger partial charge in [-0.05, 0) is 62.8 Å². The largest absolute Gasteiger partial charge is 0.485 e. The van der Waals surface area contributed by atoms with Crippen molar-refractivity contribution < 1.29 is 23.0 Å². The number of fused-ring (bicyclic) bond motifs is 1. The first kappa shape index (κ1) is 25.0. The molecule has 2 unspecified atom stereocenters. The Hall–Kier alpha value is -2.71. The standard InChI is InChI=1S/C27H30ClF2N3O3/c1-16-12-17(28)9-10-23(16)36-15-25-32-21-13-19(29)20(30)14-22(21)33(25)26(24-8-4-5-11-35-24)27(34)31-18-6-2-3-7-18/h9-10,12-14,18,24,26H,2-8,11,15H2,1H3,(H,31,34). The van der Waals surface area contributed by atoms with Crippen LogP contribution in [0.2, 0.25) is 5.02 Å². The number of hydrogen-bond acceptors (Lipinski definition) is 4. The molecule has 9 heteroatoms. The van der Waals surface area contributed by atoms with E-state index in [-0.39, 0.29) is 24.1 Å². The lowest BCUT2D eigenvalue weighted by Gasteiger charge is -2.32. The van der Waals surface area contributed by atoms with Gasteiger partial charge in [0.1, 0.15) is 24.2 Å². The molecule has 1 aliphatic heterocycles. The Kier molecular flexibility index (Phi) is 7.44. The van der Waals surface area contributed by atoms with E-state index in [2.05, 4.69) is 10.3 Å². The molecule has 1 saturated carbocycles. The van der Waals surface area contributed by atoms with E-state index in [0.717, 1.165) is 56.2 Å². The molecule has 36 heavy (non-hydrogen) atoms. The topological polar surface area (TPSA) is 65.4 Å². The van der Waals surface area contributed by atoms with E-state index >= 15 is 0 Å². The Bertz CT molecular complexity index is 1250. The van der Waals surface area contributed by atoms with Gasteiger partial charge in [0, 0.05) is 29.8 Å². The van der Waals surface area contributed by atoms with Crippen molar-refractivity contribution in [3.8, 4) is 5.75 Å². The molecule has 1 N–H and O–H groups in total. The van der Waals surface area contributed by atoms with E-state index in [1.807, 2.05) is 6.92 Å². The van der Waals surface area contributed by atoms with Crippen molar-refractivity contribution in [3.05, 3.63) is 58.4 Å². The summed E-state index contributed by atoms with van der Waals surface area (Å²) in [6.45, 7) is 2.42.